The van der Waals surface area contributed by atoms with Crippen molar-refractivity contribution < 1.29 is 0 Å². The molecule has 1 N–H and O–H groups in total. The van der Waals surface area contributed by atoms with Crippen molar-refractivity contribution >= 4 is 51.5 Å². The number of nitrogens with one attached hydrogen (secondary N) is 1. The Morgan fingerprint density at radius 3 is 2.35 bits per heavy atom. The van der Waals surface area contributed by atoms with E-state index in [0.29, 0.717) is 12.0 Å². The normalized spacial score (nSPS) is 21.4. The lowest BCUT2D eigenvalue weighted by atomic mass is 9.76. The molecule has 0 aromatic heterocycles. The van der Waals surface area contributed by atoms with Crippen LogP contribution >= 0.6 is 45.8 Å². The average molecular weight is 418 g/mol. The Labute approximate surface area is 142 Å². The molecule has 4 heteroatoms. The minimum Gasteiger partial charge on any atom is -0.381 e. The predicted molar refractivity (Wildman–Crippen MR) is 95.0 cm³/mol. The minimum absolute atomic E-state index is 0.508. The van der Waals surface area contributed by atoms with Crippen LogP contribution in [-0.4, -0.2) is 6.04 Å². The Bertz CT molecular complexity index is 606. The molecule has 20 heavy (non-hydrogen) atoms. The monoisotopic (exact) mass is 417 g/mol. The Morgan fingerprint density at radius 1 is 1.00 bits per heavy atom. The molecular weight excluding hydrogens is 404 g/mol. The van der Waals surface area contributed by atoms with Crippen LogP contribution in [0.4, 0.5) is 5.69 Å². The lowest BCUT2D eigenvalue weighted by molar-refractivity contribution is 0.374. The van der Waals surface area contributed by atoms with E-state index in [1.807, 2.05) is 18.2 Å². The van der Waals surface area contributed by atoms with Gasteiger partial charge in [0.2, 0.25) is 0 Å². The molecule has 0 amide bonds. The number of hydrogen-bond donors (Lipinski definition) is 1. The van der Waals surface area contributed by atoms with Gasteiger partial charge in [-0.2, -0.15) is 0 Å². The van der Waals surface area contributed by atoms with Gasteiger partial charge in [-0.05, 0) is 77.2 Å². The van der Waals surface area contributed by atoms with Gasteiger partial charge in [0.1, 0.15) is 0 Å². The van der Waals surface area contributed by atoms with E-state index in [1.165, 1.54) is 5.56 Å². The molecule has 1 saturated carbocycles. The first-order valence-corrected chi connectivity index (χ1v) is 8.42. The summed E-state index contributed by atoms with van der Waals surface area (Å²) in [5.41, 5.74) is 2.41. The van der Waals surface area contributed by atoms with Gasteiger partial charge in [-0.15, -0.1) is 0 Å². The summed E-state index contributed by atoms with van der Waals surface area (Å²) < 4.78 is 1.16. The van der Waals surface area contributed by atoms with Crippen molar-refractivity contribution in [3.05, 3.63) is 61.6 Å². The molecule has 1 aliphatic carbocycles. The molecular formula is C16H14Cl2IN. The van der Waals surface area contributed by atoms with Crippen LogP contribution in [0.2, 0.25) is 10.0 Å². The minimum atomic E-state index is 0.508. The number of rotatable bonds is 3. The van der Waals surface area contributed by atoms with E-state index < -0.39 is 0 Å². The molecule has 2 aromatic rings. The Kier molecular flexibility index (Phi) is 4.43. The SMILES string of the molecule is Clc1ccc(C2CC(Nc3ccc(I)cc3Cl)C2)cc1. The number of halogens is 3. The largest absolute Gasteiger partial charge is 0.381 e. The van der Waals surface area contributed by atoms with Crippen molar-refractivity contribution in [1.29, 1.82) is 0 Å². The van der Waals surface area contributed by atoms with Crippen LogP contribution < -0.4 is 5.32 Å². The molecule has 0 spiro atoms. The van der Waals surface area contributed by atoms with Crippen LogP contribution in [0, 0.1) is 3.57 Å². The van der Waals surface area contributed by atoms with E-state index in [1.54, 1.807) is 0 Å². The molecule has 104 valence electrons. The Balaban J connectivity index is 1.59. The molecule has 2 aromatic carbocycles. The molecule has 0 aliphatic heterocycles. The van der Waals surface area contributed by atoms with Gasteiger partial charge >= 0.3 is 0 Å². The summed E-state index contributed by atoms with van der Waals surface area (Å²) in [6.45, 7) is 0. The smallest absolute Gasteiger partial charge is 0.0648 e. The highest BCUT2D eigenvalue weighted by Crippen LogP contribution is 2.39. The van der Waals surface area contributed by atoms with Crippen LogP contribution in [-0.2, 0) is 0 Å². The van der Waals surface area contributed by atoms with Crippen LogP contribution in [0.25, 0.3) is 0 Å². The molecule has 0 radical (unpaired) electrons. The van der Waals surface area contributed by atoms with E-state index in [-0.39, 0.29) is 0 Å². The molecule has 0 unspecified atom stereocenters. The van der Waals surface area contributed by atoms with Crippen molar-refractivity contribution in [3.8, 4) is 0 Å². The number of benzene rings is 2. The first-order chi connectivity index (χ1) is 9.61. The van der Waals surface area contributed by atoms with Gasteiger partial charge in [-0.25, -0.2) is 0 Å². The fourth-order valence-electron chi connectivity index (χ4n) is 2.57. The molecule has 1 fully saturated rings. The van der Waals surface area contributed by atoms with Crippen molar-refractivity contribution in [1.82, 2.24) is 0 Å². The van der Waals surface area contributed by atoms with E-state index in [9.17, 15) is 0 Å². The highest BCUT2D eigenvalue weighted by Gasteiger charge is 2.30. The molecule has 0 saturated heterocycles. The molecule has 0 atom stereocenters. The van der Waals surface area contributed by atoms with Gasteiger partial charge in [-0.3, -0.25) is 0 Å². The van der Waals surface area contributed by atoms with Gasteiger partial charge in [0.15, 0.2) is 0 Å². The van der Waals surface area contributed by atoms with Crippen LogP contribution in [0.15, 0.2) is 42.5 Å². The van der Waals surface area contributed by atoms with Gasteiger partial charge < -0.3 is 5.32 Å². The molecule has 3 rings (SSSR count). The highest BCUT2D eigenvalue weighted by molar-refractivity contribution is 14.1. The maximum Gasteiger partial charge on any atom is 0.0648 e. The number of hydrogen-bond acceptors (Lipinski definition) is 1. The standard InChI is InChI=1S/C16H14Cl2IN/c17-12-3-1-10(2-4-12)11-7-14(8-11)20-16-6-5-13(19)9-15(16)18/h1-6,9,11,14,20H,7-8H2. The second-order valence-corrected chi connectivity index (χ2v) is 7.27. The van der Waals surface area contributed by atoms with Crippen molar-refractivity contribution in [2.24, 2.45) is 0 Å². The molecule has 1 aliphatic rings. The third-order valence-electron chi connectivity index (χ3n) is 3.77. The van der Waals surface area contributed by atoms with Crippen molar-refractivity contribution in [2.45, 2.75) is 24.8 Å². The number of anilines is 1. The zero-order valence-corrected chi connectivity index (χ0v) is 14.4. The van der Waals surface area contributed by atoms with Gasteiger partial charge in [0, 0.05) is 14.6 Å². The first kappa shape index (κ1) is 14.5. The lowest BCUT2D eigenvalue weighted by Gasteiger charge is -2.37. The van der Waals surface area contributed by atoms with Crippen LogP contribution in [0.1, 0.15) is 24.3 Å². The zero-order valence-electron chi connectivity index (χ0n) is 10.7. The van der Waals surface area contributed by atoms with Gasteiger partial charge in [-0.1, -0.05) is 35.3 Å². The fraction of sp³-hybridized carbons (Fsp3) is 0.250. The van der Waals surface area contributed by atoms with E-state index >= 15 is 0 Å². The second-order valence-electron chi connectivity index (χ2n) is 5.19. The second kappa shape index (κ2) is 6.12. The van der Waals surface area contributed by atoms with E-state index in [4.69, 9.17) is 23.2 Å². The quantitative estimate of drug-likeness (QED) is 0.608. The molecule has 0 heterocycles. The third kappa shape index (κ3) is 3.23. The highest BCUT2D eigenvalue weighted by atomic mass is 127. The zero-order chi connectivity index (χ0) is 14.1. The van der Waals surface area contributed by atoms with Crippen LogP contribution in [0.5, 0.6) is 0 Å². The molecule has 0 bridgehead atoms. The average Bonchev–Trinajstić information content (AvgIpc) is 2.37. The Hall–Kier alpha value is -0.450. The summed E-state index contributed by atoms with van der Waals surface area (Å²) in [5.74, 6) is 0.632. The van der Waals surface area contributed by atoms with E-state index in [0.717, 1.165) is 32.1 Å². The summed E-state index contributed by atoms with van der Waals surface area (Å²) in [6, 6.07) is 14.8. The van der Waals surface area contributed by atoms with Crippen LogP contribution in [0.3, 0.4) is 0 Å². The summed E-state index contributed by atoms with van der Waals surface area (Å²) in [6.07, 6.45) is 2.29. The maximum absolute atomic E-state index is 6.24. The van der Waals surface area contributed by atoms with Gasteiger partial charge in [0.05, 0.1) is 10.7 Å². The van der Waals surface area contributed by atoms with Gasteiger partial charge in [0.25, 0.3) is 0 Å². The van der Waals surface area contributed by atoms with Crippen molar-refractivity contribution in [2.75, 3.05) is 5.32 Å². The Morgan fingerprint density at radius 2 is 1.70 bits per heavy atom. The summed E-state index contributed by atoms with van der Waals surface area (Å²) in [4.78, 5) is 0. The topological polar surface area (TPSA) is 12.0 Å². The lowest BCUT2D eigenvalue weighted by Crippen LogP contribution is -2.34. The maximum atomic E-state index is 6.24. The first-order valence-electron chi connectivity index (χ1n) is 6.59. The van der Waals surface area contributed by atoms with E-state index in [2.05, 4.69) is 52.2 Å². The third-order valence-corrected chi connectivity index (χ3v) is 5.01. The summed E-state index contributed by atoms with van der Waals surface area (Å²) in [5, 5.41) is 5.12. The fourth-order valence-corrected chi connectivity index (χ4v) is 3.61. The molecule has 1 nitrogen and oxygen atoms in total. The summed E-state index contributed by atoms with van der Waals surface area (Å²) in [7, 11) is 0. The van der Waals surface area contributed by atoms with Crippen molar-refractivity contribution in [3.63, 3.8) is 0 Å². The summed E-state index contributed by atoms with van der Waals surface area (Å²) >= 11 is 14.4. The predicted octanol–water partition coefficient (Wildman–Crippen LogP) is 5.96.